The van der Waals surface area contributed by atoms with E-state index in [0.717, 1.165) is 29.7 Å². The third kappa shape index (κ3) is 6.09. The summed E-state index contributed by atoms with van der Waals surface area (Å²) in [6.07, 6.45) is 1.02. The largest absolute Gasteiger partial charge is 0.372 e. The molecule has 29 heavy (non-hydrogen) atoms. The van der Waals surface area contributed by atoms with Crippen molar-refractivity contribution in [3.8, 4) is 11.1 Å². The highest BCUT2D eigenvalue weighted by Crippen LogP contribution is 2.35. The smallest absolute Gasteiger partial charge is 0.123 e. The van der Waals surface area contributed by atoms with Crippen LogP contribution in [0.3, 0.4) is 0 Å². The first kappa shape index (κ1) is 23.5. The third-order valence-electron chi connectivity index (χ3n) is 5.14. The Hall–Kier alpha value is -1.79. The van der Waals surface area contributed by atoms with E-state index in [-0.39, 0.29) is 11.9 Å². The first-order valence-corrected chi connectivity index (χ1v) is 10.6. The molecule has 2 aromatic carbocycles. The predicted molar refractivity (Wildman–Crippen MR) is 117 cm³/mol. The van der Waals surface area contributed by atoms with Crippen LogP contribution in [-0.2, 0) is 16.0 Å². The summed E-state index contributed by atoms with van der Waals surface area (Å²) in [6, 6.07) is 14.9. The number of halogens is 1. The molecule has 2 atom stereocenters. The van der Waals surface area contributed by atoms with Gasteiger partial charge < -0.3 is 10.1 Å². The van der Waals surface area contributed by atoms with Crippen LogP contribution in [0.15, 0.2) is 48.5 Å². The summed E-state index contributed by atoms with van der Waals surface area (Å²) < 4.78 is 20.2. The number of ether oxygens (including phenoxy) is 1. The van der Waals surface area contributed by atoms with E-state index in [1.165, 1.54) is 6.07 Å². The molecular weight excluding hydrogens is 367 g/mol. The molecule has 0 radical (unpaired) electrons. The maximum absolute atomic E-state index is 14.1. The lowest BCUT2D eigenvalue weighted by Crippen LogP contribution is -2.57. The Morgan fingerprint density at radius 2 is 1.93 bits per heavy atom. The van der Waals surface area contributed by atoms with Gasteiger partial charge in [0.05, 0.1) is 6.61 Å². The van der Waals surface area contributed by atoms with Crippen LogP contribution < -0.4 is 11.2 Å². The lowest BCUT2D eigenvalue weighted by atomic mass is 9.79. The van der Waals surface area contributed by atoms with Gasteiger partial charge in [-0.3, -0.25) is 4.84 Å². The lowest BCUT2D eigenvalue weighted by molar-refractivity contribution is -0.164. The molecule has 1 aliphatic rings. The Morgan fingerprint density at radius 3 is 2.52 bits per heavy atom. The molecule has 1 saturated heterocycles. The zero-order chi connectivity index (χ0) is 21.3. The molecule has 160 valence electrons. The van der Waals surface area contributed by atoms with Crippen molar-refractivity contribution in [2.24, 2.45) is 11.8 Å². The molecule has 3 N–H and O–H groups in total. The van der Waals surface area contributed by atoms with Gasteiger partial charge in [0.2, 0.25) is 0 Å². The Bertz CT molecular complexity index is 733. The molecule has 1 heterocycles. The summed E-state index contributed by atoms with van der Waals surface area (Å²) in [7, 11) is 0. The second-order valence-electron chi connectivity index (χ2n) is 7.69. The van der Waals surface area contributed by atoms with Gasteiger partial charge in [0.15, 0.2) is 0 Å². The van der Waals surface area contributed by atoms with Crippen molar-refractivity contribution in [2.75, 3.05) is 19.7 Å². The van der Waals surface area contributed by atoms with Gasteiger partial charge in [-0.25, -0.2) is 10.3 Å². The van der Waals surface area contributed by atoms with Crippen molar-refractivity contribution in [1.82, 2.24) is 5.32 Å². The van der Waals surface area contributed by atoms with E-state index < -0.39 is 5.60 Å². The average Bonchev–Trinajstić information content (AvgIpc) is 2.75. The standard InChI is InChI=1S/C22H29FN2O2.C2H6/c1-16(2)13-22(27-24,21-15-25-10-11-26-21)14-18-12-19(23)8-9-20(18)17-6-4-3-5-7-17;1-2/h3-9,12,16,21,25H,10-11,13-15,24H2,1-2H3;1-2H3. The number of rotatable bonds is 7. The molecule has 1 fully saturated rings. The summed E-state index contributed by atoms with van der Waals surface area (Å²) in [5.74, 6) is 5.95. The summed E-state index contributed by atoms with van der Waals surface area (Å²) in [4.78, 5) is 5.64. The number of hydrogen-bond acceptors (Lipinski definition) is 4. The van der Waals surface area contributed by atoms with Crippen molar-refractivity contribution in [1.29, 1.82) is 0 Å². The Morgan fingerprint density at radius 1 is 1.21 bits per heavy atom. The van der Waals surface area contributed by atoms with Crippen LogP contribution in [0, 0.1) is 11.7 Å². The number of nitrogens with one attached hydrogen (secondary N) is 1. The minimum atomic E-state index is -0.723. The van der Waals surface area contributed by atoms with Gasteiger partial charge in [0.25, 0.3) is 0 Å². The second-order valence-corrected chi connectivity index (χ2v) is 7.69. The molecule has 1 aliphatic heterocycles. The fourth-order valence-electron chi connectivity index (χ4n) is 4.01. The van der Waals surface area contributed by atoms with Gasteiger partial charge in [0.1, 0.15) is 17.5 Å². The molecule has 0 saturated carbocycles. The zero-order valence-electron chi connectivity index (χ0n) is 18.1. The molecule has 2 unspecified atom stereocenters. The highest BCUT2D eigenvalue weighted by Gasteiger charge is 2.43. The van der Waals surface area contributed by atoms with Crippen LogP contribution in [0.25, 0.3) is 11.1 Å². The zero-order valence-corrected chi connectivity index (χ0v) is 18.1. The van der Waals surface area contributed by atoms with Crippen LogP contribution >= 0.6 is 0 Å². The van der Waals surface area contributed by atoms with Crippen molar-refractivity contribution in [2.45, 2.75) is 52.2 Å². The van der Waals surface area contributed by atoms with Crippen LogP contribution in [0.5, 0.6) is 0 Å². The normalized spacial score (nSPS) is 18.7. The van der Waals surface area contributed by atoms with Gasteiger partial charge in [-0.1, -0.05) is 64.1 Å². The molecule has 3 rings (SSSR count). The highest BCUT2D eigenvalue weighted by molar-refractivity contribution is 5.67. The van der Waals surface area contributed by atoms with Crippen LogP contribution in [0.1, 0.15) is 39.7 Å². The highest BCUT2D eigenvalue weighted by atomic mass is 19.1. The third-order valence-corrected chi connectivity index (χ3v) is 5.14. The summed E-state index contributed by atoms with van der Waals surface area (Å²) in [5, 5.41) is 3.36. The number of hydrogen-bond donors (Lipinski definition) is 2. The van der Waals surface area contributed by atoms with Crippen LogP contribution in [-0.4, -0.2) is 31.4 Å². The van der Waals surface area contributed by atoms with E-state index in [9.17, 15) is 4.39 Å². The molecule has 0 spiro atoms. The maximum atomic E-state index is 14.1. The average molecular weight is 403 g/mol. The van der Waals surface area contributed by atoms with Crippen molar-refractivity contribution < 1.29 is 14.0 Å². The van der Waals surface area contributed by atoms with Gasteiger partial charge in [-0.2, -0.15) is 0 Å². The Balaban J connectivity index is 0.00000145. The molecule has 0 bridgehead atoms. The van der Waals surface area contributed by atoms with E-state index in [0.29, 0.717) is 25.5 Å². The number of benzene rings is 2. The fourth-order valence-corrected chi connectivity index (χ4v) is 4.01. The SMILES string of the molecule is CC.CC(C)CC(Cc1cc(F)ccc1-c1ccccc1)(ON)C1CNCCO1. The molecular formula is C24H35FN2O2. The Labute approximate surface area is 174 Å². The predicted octanol–water partition coefficient (Wildman–Crippen LogP) is 4.73. The quantitative estimate of drug-likeness (QED) is 0.658. The molecule has 0 aromatic heterocycles. The molecule has 4 nitrogen and oxygen atoms in total. The van der Waals surface area contributed by atoms with Crippen molar-refractivity contribution in [3.63, 3.8) is 0 Å². The summed E-state index contributed by atoms with van der Waals surface area (Å²) >= 11 is 0. The van der Waals surface area contributed by atoms with E-state index >= 15 is 0 Å². The van der Waals surface area contributed by atoms with Gasteiger partial charge in [-0.05, 0) is 41.2 Å². The van der Waals surface area contributed by atoms with Crippen molar-refractivity contribution in [3.05, 3.63) is 59.9 Å². The molecule has 5 heteroatoms. The van der Waals surface area contributed by atoms with E-state index in [1.54, 1.807) is 6.07 Å². The summed E-state index contributed by atoms with van der Waals surface area (Å²) in [6.45, 7) is 10.4. The van der Waals surface area contributed by atoms with Crippen LogP contribution in [0.2, 0.25) is 0 Å². The van der Waals surface area contributed by atoms with E-state index in [4.69, 9.17) is 15.5 Å². The first-order valence-electron chi connectivity index (χ1n) is 10.6. The molecule has 2 aromatic rings. The van der Waals surface area contributed by atoms with E-state index in [2.05, 4.69) is 19.2 Å². The minimum absolute atomic E-state index is 0.189. The monoisotopic (exact) mass is 402 g/mol. The van der Waals surface area contributed by atoms with E-state index in [1.807, 2.05) is 50.2 Å². The summed E-state index contributed by atoms with van der Waals surface area (Å²) in [5.41, 5.74) is 2.19. The van der Waals surface area contributed by atoms with Gasteiger partial charge in [-0.15, -0.1) is 0 Å². The lowest BCUT2D eigenvalue weighted by Gasteiger charge is -2.42. The number of morpholine rings is 1. The first-order chi connectivity index (χ1) is 14.0. The number of nitrogens with two attached hydrogens (primary N) is 1. The fraction of sp³-hybridized carbons (Fsp3) is 0.500. The molecule has 0 amide bonds. The van der Waals surface area contributed by atoms with Crippen LogP contribution in [0.4, 0.5) is 4.39 Å². The van der Waals surface area contributed by atoms with Gasteiger partial charge >= 0.3 is 0 Å². The molecule has 0 aliphatic carbocycles. The topological polar surface area (TPSA) is 56.5 Å². The Kier molecular flexibility index (Phi) is 9.24. The minimum Gasteiger partial charge on any atom is -0.372 e. The maximum Gasteiger partial charge on any atom is 0.123 e. The second kappa shape index (κ2) is 11.4. The van der Waals surface area contributed by atoms with Crippen molar-refractivity contribution >= 4 is 0 Å². The van der Waals surface area contributed by atoms with Gasteiger partial charge in [0, 0.05) is 19.5 Å².